The molecular weight excluding hydrogens is 315 g/mol. The van der Waals surface area contributed by atoms with Gasteiger partial charge in [-0.05, 0) is 42.2 Å². The lowest BCUT2D eigenvalue weighted by atomic mass is 10.00. The largest absolute Gasteiger partial charge is 0.416 e. The van der Waals surface area contributed by atoms with Crippen LogP contribution in [0.4, 0.5) is 13.2 Å². The normalized spacial score (nSPS) is 12.9. The van der Waals surface area contributed by atoms with E-state index in [4.69, 9.17) is 5.73 Å². The first kappa shape index (κ1) is 18.2. The van der Waals surface area contributed by atoms with Gasteiger partial charge in [0.1, 0.15) is 5.78 Å². The Morgan fingerprint density at radius 2 is 1.33 bits per heavy atom. The van der Waals surface area contributed by atoms with E-state index in [0.29, 0.717) is 5.56 Å². The van der Waals surface area contributed by atoms with Crippen LogP contribution in [0, 0.1) is 0 Å². The van der Waals surface area contributed by atoms with Crippen LogP contribution in [0.3, 0.4) is 0 Å². The van der Waals surface area contributed by atoms with Gasteiger partial charge in [0.15, 0.2) is 0 Å². The molecule has 1 unspecified atom stereocenters. The maximum atomic E-state index is 12.5. The van der Waals surface area contributed by atoms with Crippen LogP contribution >= 0.6 is 0 Å². The molecule has 0 bridgehead atoms. The fourth-order valence-corrected chi connectivity index (χ4v) is 2.49. The first-order valence-corrected chi connectivity index (χ1v) is 7.75. The van der Waals surface area contributed by atoms with Gasteiger partial charge in [0.2, 0.25) is 0 Å². The molecule has 0 saturated carbocycles. The zero-order chi connectivity index (χ0) is 17.7. The van der Waals surface area contributed by atoms with Crippen molar-refractivity contribution in [3.63, 3.8) is 0 Å². The number of ketones is 1. The number of alkyl halides is 3. The third-order valence-electron chi connectivity index (χ3n) is 3.66. The molecule has 24 heavy (non-hydrogen) atoms. The molecule has 0 spiro atoms. The van der Waals surface area contributed by atoms with E-state index in [9.17, 15) is 18.0 Å². The molecule has 0 aliphatic rings. The van der Waals surface area contributed by atoms with E-state index in [2.05, 4.69) is 0 Å². The second-order valence-electron chi connectivity index (χ2n) is 6.08. The van der Waals surface area contributed by atoms with Crippen LogP contribution in [0.1, 0.15) is 29.2 Å². The summed E-state index contributed by atoms with van der Waals surface area (Å²) >= 11 is 0. The number of Topliss-reactive ketones (excluding diaryl/α,β-unsaturated/α-hetero) is 1. The molecule has 2 N–H and O–H groups in total. The molecule has 2 rings (SSSR count). The smallest absolute Gasteiger partial charge is 0.328 e. The first-order valence-electron chi connectivity index (χ1n) is 7.75. The van der Waals surface area contributed by atoms with Gasteiger partial charge in [-0.25, -0.2) is 0 Å². The molecule has 0 amide bonds. The van der Waals surface area contributed by atoms with Crippen molar-refractivity contribution in [3.8, 4) is 0 Å². The van der Waals surface area contributed by atoms with Crippen molar-refractivity contribution in [3.05, 3.63) is 70.8 Å². The Kier molecular flexibility index (Phi) is 5.78. The van der Waals surface area contributed by atoms with Crippen LogP contribution in [0.25, 0.3) is 0 Å². The molecule has 0 aromatic heterocycles. The highest BCUT2D eigenvalue weighted by molar-refractivity contribution is 5.83. The van der Waals surface area contributed by atoms with E-state index in [-0.39, 0.29) is 24.7 Å². The summed E-state index contributed by atoms with van der Waals surface area (Å²) in [6.07, 6.45) is -3.19. The van der Waals surface area contributed by atoms with Gasteiger partial charge in [0.05, 0.1) is 5.56 Å². The van der Waals surface area contributed by atoms with Gasteiger partial charge in [-0.1, -0.05) is 36.4 Å². The summed E-state index contributed by atoms with van der Waals surface area (Å²) in [6, 6.07) is 12.5. The lowest BCUT2D eigenvalue weighted by Gasteiger charge is -2.08. The van der Waals surface area contributed by atoms with Crippen molar-refractivity contribution < 1.29 is 18.0 Å². The Balaban J connectivity index is 1.93. The molecule has 0 saturated heterocycles. The highest BCUT2D eigenvalue weighted by atomic mass is 19.4. The fourth-order valence-electron chi connectivity index (χ4n) is 2.49. The zero-order valence-electron chi connectivity index (χ0n) is 13.4. The molecule has 0 heterocycles. The summed E-state index contributed by atoms with van der Waals surface area (Å²) in [7, 11) is 0. The Hall–Kier alpha value is -2.14. The lowest BCUT2D eigenvalue weighted by Crippen LogP contribution is -2.17. The topological polar surface area (TPSA) is 43.1 Å². The molecule has 2 aromatic rings. The van der Waals surface area contributed by atoms with Gasteiger partial charge in [0.25, 0.3) is 0 Å². The third-order valence-corrected chi connectivity index (χ3v) is 3.66. The summed E-state index contributed by atoms with van der Waals surface area (Å²) in [5, 5.41) is 0. The van der Waals surface area contributed by atoms with Crippen molar-refractivity contribution in [2.45, 2.75) is 38.4 Å². The third kappa shape index (κ3) is 5.49. The van der Waals surface area contributed by atoms with E-state index >= 15 is 0 Å². The highest BCUT2D eigenvalue weighted by Crippen LogP contribution is 2.29. The number of benzene rings is 2. The quantitative estimate of drug-likeness (QED) is 0.869. The number of rotatable bonds is 6. The number of carbonyl (C=O) groups excluding carboxylic acids is 1. The number of halogens is 3. The SMILES string of the molecule is CC(N)Cc1ccc(CC(=O)Cc2ccc(C(F)(F)F)cc2)cc1. The van der Waals surface area contributed by atoms with Crippen molar-refractivity contribution >= 4 is 5.78 Å². The number of hydrogen-bond donors (Lipinski definition) is 1. The minimum Gasteiger partial charge on any atom is -0.328 e. The summed E-state index contributed by atoms with van der Waals surface area (Å²) < 4.78 is 37.5. The first-order chi connectivity index (χ1) is 11.2. The predicted octanol–water partition coefficient (Wildman–Crippen LogP) is 3.95. The van der Waals surface area contributed by atoms with Crippen LogP contribution < -0.4 is 5.73 Å². The Labute approximate surface area is 139 Å². The molecule has 5 heteroatoms. The molecule has 2 nitrogen and oxygen atoms in total. The number of hydrogen-bond acceptors (Lipinski definition) is 2. The van der Waals surface area contributed by atoms with E-state index < -0.39 is 11.7 Å². The molecule has 0 radical (unpaired) electrons. The standard InChI is InChI=1S/C19H20F3NO/c1-13(23)10-14-2-4-15(5-3-14)11-18(24)12-16-6-8-17(9-7-16)19(20,21)22/h2-9,13H,10-12,23H2,1H3. The van der Waals surface area contributed by atoms with Crippen molar-refractivity contribution in [1.82, 2.24) is 0 Å². The van der Waals surface area contributed by atoms with Crippen LogP contribution in [0.15, 0.2) is 48.5 Å². The Bertz CT molecular complexity index is 673. The van der Waals surface area contributed by atoms with E-state index in [1.54, 1.807) is 0 Å². The average molecular weight is 335 g/mol. The minimum atomic E-state index is -4.36. The Morgan fingerprint density at radius 3 is 1.75 bits per heavy atom. The maximum absolute atomic E-state index is 12.5. The number of nitrogens with two attached hydrogens (primary N) is 1. The molecule has 128 valence electrons. The summed E-state index contributed by atoms with van der Waals surface area (Å²) in [6.45, 7) is 1.93. The van der Waals surface area contributed by atoms with Gasteiger partial charge in [-0.2, -0.15) is 13.2 Å². The van der Waals surface area contributed by atoms with Gasteiger partial charge in [0, 0.05) is 18.9 Å². The predicted molar refractivity (Wildman–Crippen MR) is 87.7 cm³/mol. The summed E-state index contributed by atoms with van der Waals surface area (Å²) in [4.78, 5) is 12.1. The Morgan fingerprint density at radius 1 is 0.917 bits per heavy atom. The summed E-state index contributed by atoms with van der Waals surface area (Å²) in [5.74, 6) is -0.0327. The van der Waals surface area contributed by atoms with Gasteiger partial charge in [-0.15, -0.1) is 0 Å². The van der Waals surface area contributed by atoms with Crippen molar-refractivity contribution in [1.29, 1.82) is 0 Å². The molecule has 0 aliphatic heterocycles. The average Bonchev–Trinajstić information content (AvgIpc) is 2.48. The van der Waals surface area contributed by atoms with Gasteiger partial charge in [-0.3, -0.25) is 4.79 Å². The molecule has 0 fully saturated rings. The van der Waals surface area contributed by atoms with Crippen LogP contribution in [-0.2, 0) is 30.2 Å². The molecule has 0 aliphatic carbocycles. The van der Waals surface area contributed by atoms with Crippen molar-refractivity contribution in [2.24, 2.45) is 5.73 Å². The highest BCUT2D eigenvalue weighted by Gasteiger charge is 2.29. The maximum Gasteiger partial charge on any atom is 0.416 e. The lowest BCUT2D eigenvalue weighted by molar-refractivity contribution is -0.137. The molecule has 1 atom stereocenters. The molecule has 2 aromatic carbocycles. The minimum absolute atomic E-state index is 0.0327. The van der Waals surface area contributed by atoms with Crippen LogP contribution in [0.2, 0.25) is 0 Å². The van der Waals surface area contributed by atoms with E-state index in [1.807, 2.05) is 31.2 Å². The number of carbonyl (C=O) groups is 1. The molecular formula is C19H20F3NO. The zero-order valence-corrected chi connectivity index (χ0v) is 13.4. The van der Waals surface area contributed by atoms with E-state index in [1.165, 1.54) is 12.1 Å². The van der Waals surface area contributed by atoms with Crippen molar-refractivity contribution in [2.75, 3.05) is 0 Å². The van der Waals surface area contributed by atoms with Gasteiger partial charge < -0.3 is 5.73 Å². The van der Waals surface area contributed by atoms with Crippen LogP contribution in [-0.4, -0.2) is 11.8 Å². The van der Waals surface area contributed by atoms with E-state index in [0.717, 1.165) is 29.7 Å². The fraction of sp³-hybridized carbons (Fsp3) is 0.316. The van der Waals surface area contributed by atoms with Gasteiger partial charge >= 0.3 is 6.18 Å². The summed E-state index contributed by atoms with van der Waals surface area (Å²) in [5.41, 5.74) is 7.63. The second kappa shape index (κ2) is 7.62. The second-order valence-corrected chi connectivity index (χ2v) is 6.08. The monoisotopic (exact) mass is 335 g/mol. The van der Waals surface area contributed by atoms with Crippen LogP contribution in [0.5, 0.6) is 0 Å².